The second-order valence-electron chi connectivity index (χ2n) is 4.62. The maximum Gasteiger partial charge on any atom is 0.154 e. The molecule has 100 valence electrons. The fourth-order valence-electron chi connectivity index (χ4n) is 2.23. The number of ether oxygens (including phenoxy) is 1. The van der Waals surface area contributed by atoms with Gasteiger partial charge in [0.2, 0.25) is 0 Å². The molecule has 19 heavy (non-hydrogen) atoms. The predicted octanol–water partition coefficient (Wildman–Crippen LogP) is 2.36. The van der Waals surface area contributed by atoms with Gasteiger partial charge in [-0.25, -0.2) is 4.98 Å². The first-order valence-electron chi connectivity index (χ1n) is 6.07. The molecule has 0 saturated carbocycles. The van der Waals surface area contributed by atoms with Crippen molar-refractivity contribution < 1.29 is 4.74 Å². The lowest BCUT2D eigenvalue weighted by atomic mass is 9.96. The van der Waals surface area contributed by atoms with E-state index < -0.39 is 0 Å². The Morgan fingerprint density at radius 2 is 1.74 bits per heavy atom. The monoisotopic (exact) mass is 258 g/mol. The minimum atomic E-state index is 0.402. The molecule has 0 amide bonds. The van der Waals surface area contributed by atoms with Crippen molar-refractivity contribution >= 4 is 5.82 Å². The summed E-state index contributed by atoms with van der Waals surface area (Å²) in [7, 11) is 1.68. The van der Waals surface area contributed by atoms with E-state index in [0.717, 1.165) is 28.0 Å². The summed E-state index contributed by atoms with van der Waals surface area (Å²) >= 11 is 0. The summed E-state index contributed by atoms with van der Waals surface area (Å²) in [5.41, 5.74) is 10.7. The molecule has 1 heterocycles. The van der Waals surface area contributed by atoms with E-state index in [-0.39, 0.29) is 0 Å². The van der Waals surface area contributed by atoms with E-state index in [1.807, 2.05) is 26.8 Å². The lowest BCUT2D eigenvalue weighted by Gasteiger charge is -2.15. The van der Waals surface area contributed by atoms with Crippen LogP contribution in [0.25, 0.3) is 11.3 Å². The average Bonchev–Trinajstić information content (AvgIpc) is 2.35. The highest BCUT2D eigenvalue weighted by molar-refractivity contribution is 5.75. The molecule has 0 spiro atoms. The van der Waals surface area contributed by atoms with Crippen LogP contribution in [0.3, 0.4) is 0 Å². The highest BCUT2D eigenvalue weighted by Gasteiger charge is 2.15. The van der Waals surface area contributed by atoms with Crippen molar-refractivity contribution in [1.29, 1.82) is 0 Å². The second kappa shape index (κ2) is 4.84. The Labute approximate surface area is 112 Å². The van der Waals surface area contributed by atoms with Gasteiger partial charge in [-0.1, -0.05) is 0 Å². The smallest absolute Gasteiger partial charge is 0.154 e. The average molecular weight is 258 g/mol. The van der Waals surface area contributed by atoms with Crippen LogP contribution in [-0.4, -0.2) is 22.3 Å². The minimum absolute atomic E-state index is 0.402. The Morgan fingerprint density at radius 3 is 2.32 bits per heavy atom. The van der Waals surface area contributed by atoms with E-state index in [1.165, 1.54) is 0 Å². The van der Waals surface area contributed by atoms with Gasteiger partial charge in [0.25, 0.3) is 0 Å². The van der Waals surface area contributed by atoms with Crippen LogP contribution in [0, 0.1) is 27.7 Å². The molecule has 1 aromatic carbocycles. The molecule has 0 unspecified atom stereocenters. The zero-order valence-electron chi connectivity index (χ0n) is 11.9. The quantitative estimate of drug-likeness (QED) is 0.895. The number of aryl methyl sites for hydroxylation is 2. The zero-order valence-corrected chi connectivity index (χ0v) is 11.9. The van der Waals surface area contributed by atoms with Crippen molar-refractivity contribution in [2.45, 2.75) is 27.7 Å². The summed E-state index contributed by atoms with van der Waals surface area (Å²) in [5, 5.41) is 8.16. The Bertz CT molecular complexity index is 638. The van der Waals surface area contributed by atoms with Crippen LogP contribution in [0.4, 0.5) is 5.82 Å². The topological polar surface area (TPSA) is 73.9 Å². The molecule has 5 nitrogen and oxygen atoms in total. The molecule has 1 aromatic heterocycles. The summed E-state index contributed by atoms with van der Waals surface area (Å²) in [4.78, 5) is 4.17. The molecule has 5 heteroatoms. The van der Waals surface area contributed by atoms with E-state index in [0.29, 0.717) is 17.3 Å². The van der Waals surface area contributed by atoms with Gasteiger partial charge in [0, 0.05) is 5.56 Å². The molecule has 0 atom stereocenters. The Balaban J connectivity index is 2.70. The van der Waals surface area contributed by atoms with Crippen molar-refractivity contribution in [2.24, 2.45) is 0 Å². The van der Waals surface area contributed by atoms with Crippen molar-refractivity contribution in [3.8, 4) is 17.0 Å². The second-order valence-corrected chi connectivity index (χ2v) is 4.62. The fraction of sp³-hybridized carbons (Fsp3) is 0.357. The minimum Gasteiger partial charge on any atom is -0.496 e. The first kappa shape index (κ1) is 13.3. The number of methoxy groups -OCH3 is 1. The number of nitrogens with two attached hydrogens (primary N) is 1. The van der Waals surface area contributed by atoms with Crippen LogP contribution >= 0.6 is 0 Å². The molecule has 2 rings (SSSR count). The van der Waals surface area contributed by atoms with Gasteiger partial charge in [0.15, 0.2) is 5.82 Å². The highest BCUT2D eigenvalue weighted by atomic mass is 16.5. The van der Waals surface area contributed by atoms with Gasteiger partial charge >= 0.3 is 0 Å². The van der Waals surface area contributed by atoms with Gasteiger partial charge in [0.05, 0.1) is 7.11 Å². The molecule has 0 radical (unpaired) electrons. The van der Waals surface area contributed by atoms with Crippen LogP contribution in [0.15, 0.2) is 6.07 Å². The lowest BCUT2D eigenvalue weighted by Crippen LogP contribution is -2.04. The standard InChI is InChI=1S/C14H18N4O/c1-7-6-11(8(2)9(3)13(7)19-5)12-14(15)16-10(4)17-18-12/h6H,1-5H3,(H2,15,16,17). The van der Waals surface area contributed by atoms with Gasteiger partial charge in [-0.3, -0.25) is 0 Å². The van der Waals surface area contributed by atoms with Gasteiger partial charge in [0.1, 0.15) is 17.3 Å². The van der Waals surface area contributed by atoms with E-state index in [1.54, 1.807) is 14.0 Å². The maximum absolute atomic E-state index is 5.95. The molecular formula is C14H18N4O. The number of aromatic nitrogens is 3. The highest BCUT2D eigenvalue weighted by Crippen LogP contribution is 2.34. The zero-order chi connectivity index (χ0) is 14.2. The maximum atomic E-state index is 5.95. The summed E-state index contributed by atoms with van der Waals surface area (Å²) in [6.45, 7) is 7.81. The van der Waals surface area contributed by atoms with E-state index in [2.05, 4.69) is 15.2 Å². The predicted molar refractivity (Wildman–Crippen MR) is 75.2 cm³/mol. The van der Waals surface area contributed by atoms with Crippen LogP contribution in [-0.2, 0) is 0 Å². The van der Waals surface area contributed by atoms with Crippen LogP contribution < -0.4 is 10.5 Å². The number of nitrogens with zero attached hydrogens (tertiary/aromatic N) is 3. The number of nitrogen functional groups attached to an aromatic ring is 1. The molecule has 0 aliphatic rings. The van der Waals surface area contributed by atoms with Gasteiger partial charge < -0.3 is 10.5 Å². The van der Waals surface area contributed by atoms with Crippen molar-refractivity contribution in [3.05, 3.63) is 28.6 Å². The first-order valence-corrected chi connectivity index (χ1v) is 6.07. The van der Waals surface area contributed by atoms with Crippen molar-refractivity contribution in [1.82, 2.24) is 15.2 Å². The van der Waals surface area contributed by atoms with Crippen molar-refractivity contribution in [2.75, 3.05) is 12.8 Å². The van der Waals surface area contributed by atoms with Crippen LogP contribution in [0.1, 0.15) is 22.5 Å². The molecular weight excluding hydrogens is 240 g/mol. The normalized spacial score (nSPS) is 10.6. The molecule has 0 fully saturated rings. The van der Waals surface area contributed by atoms with E-state index in [4.69, 9.17) is 10.5 Å². The summed E-state index contributed by atoms with van der Waals surface area (Å²) in [6, 6.07) is 2.01. The van der Waals surface area contributed by atoms with Crippen LogP contribution in [0.5, 0.6) is 5.75 Å². The summed E-state index contributed by atoms with van der Waals surface area (Å²) in [6.07, 6.45) is 0. The molecule has 2 aromatic rings. The number of hydrogen-bond acceptors (Lipinski definition) is 5. The van der Waals surface area contributed by atoms with Gasteiger partial charge in [-0.05, 0) is 50.5 Å². The van der Waals surface area contributed by atoms with Gasteiger partial charge in [-0.15, -0.1) is 10.2 Å². The Hall–Kier alpha value is -2.17. The molecule has 0 aliphatic carbocycles. The molecule has 2 N–H and O–H groups in total. The fourth-order valence-corrected chi connectivity index (χ4v) is 2.23. The third-order valence-electron chi connectivity index (χ3n) is 3.30. The SMILES string of the molecule is COc1c(C)cc(-c2nnc(C)nc2N)c(C)c1C. The number of benzene rings is 1. The van der Waals surface area contributed by atoms with Crippen LogP contribution in [0.2, 0.25) is 0 Å². The third-order valence-corrected chi connectivity index (χ3v) is 3.30. The number of hydrogen-bond donors (Lipinski definition) is 1. The Kier molecular flexibility index (Phi) is 3.38. The van der Waals surface area contributed by atoms with Crippen molar-refractivity contribution in [3.63, 3.8) is 0 Å². The molecule has 0 bridgehead atoms. The van der Waals surface area contributed by atoms with E-state index in [9.17, 15) is 0 Å². The third kappa shape index (κ3) is 2.23. The first-order chi connectivity index (χ1) is 8.95. The van der Waals surface area contributed by atoms with Gasteiger partial charge in [-0.2, -0.15) is 0 Å². The summed E-state index contributed by atoms with van der Waals surface area (Å²) in [5.74, 6) is 1.87. The molecule has 0 saturated heterocycles. The largest absolute Gasteiger partial charge is 0.496 e. The Morgan fingerprint density at radius 1 is 1.05 bits per heavy atom. The lowest BCUT2D eigenvalue weighted by molar-refractivity contribution is 0.408. The number of anilines is 1. The number of rotatable bonds is 2. The van der Waals surface area contributed by atoms with E-state index >= 15 is 0 Å². The molecule has 0 aliphatic heterocycles. The summed E-state index contributed by atoms with van der Waals surface area (Å²) < 4.78 is 5.41.